The number of rotatable bonds is 4. The van der Waals surface area contributed by atoms with Crippen LogP contribution in [0.15, 0.2) is 65.6 Å². The first-order chi connectivity index (χ1) is 10.0. The number of hydrogen-bond acceptors (Lipinski definition) is 3. The van der Waals surface area contributed by atoms with E-state index in [9.17, 15) is 18.3 Å². The molecule has 1 aliphatic rings. The molecule has 0 saturated heterocycles. The van der Waals surface area contributed by atoms with Crippen LogP contribution in [0.2, 0.25) is 0 Å². The third kappa shape index (κ3) is 2.34. The second kappa shape index (κ2) is 5.00. The van der Waals surface area contributed by atoms with E-state index in [4.69, 9.17) is 0 Å². The van der Waals surface area contributed by atoms with E-state index in [-0.39, 0.29) is 4.90 Å². The van der Waals surface area contributed by atoms with Crippen molar-refractivity contribution in [3.05, 3.63) is 66.2 Å². The Morgan fingerprint density at radius 1 is 0.905 bits per heavy atom. The molecule has 0 amide bonds. The van der Waals surface area contributed by atoms with Crippen molar-refractivity contribution >= 4 is 15.8 Å². The van der Waals surface area contributed by atoms with Crippen LogP contribution < -0.4 is 0 Å². The van der Waals surface area contributed by atoms with Gasteiger partial charge in [-0.25, -0.2) is 8.42 Å². The van der Waals surface area contributed by atoms with E-state index in [1.54, 1.807) is 42.5 Å². The maximum Gasteiger partial charge on any atom is 0.308 e. The first-order valence-electron chi connectivity index (χ1n) is 6.60. The standard InChI is InChI=1S/C16H14O4S/c17-16(18)14-13(11-7-3-1-4-8-11)15(14)21(19,20)12-9-5-2-6-10-12/h1-10,13-15H,(H,17,18)/t13-,14-,15-/m0/s1. The molecule has 1 aliphatic carbocycles. The van der Waals surface area contributed by atoms with Crippen molar-refractivity contribution in [3.8, 4) is 0 Å². The van der Waals surface area contributed by atoms with E-state index in [0.717, 1.165) is 5.56 Å². The molecule has 108 valence electrons. The van der Waals surface area contributed by atoms with Crippen LogP contribution in [0.5, 0.6) is 0 Å². The Labute approximate surface area is 123 Å². The zero-order valence-corrected chi connectivity index (χ0v) is 11.9. The molecule has 0 unspecified atom stereocenters. The summed E-state index contributed by atoms with van der Waals surface area (Å²) >= 11 is 0. The van der Waals surface area contributed by atoms with Crippen molar-refractivity contribution in [2.45, 2.75) is 16.1 Å². The quantitative estimate of drug-likeness (QED) is 0.941. The zero-order chi connectivity index (χ0) is 15.0. The van der Waals surface area contributed by atoms with Crippen LogP contribution in [0.1, 0.15) is 11.5 Å². The van der Waals surface area contributed by atoms with Gasteiger partial charge in [0.15, 0.2) is 9.84 Å². The second-order valence-electron chi connectivity index (χ2n) is 5.12. The molecular weight excluding hydrogens is 288 g/mol. The molecule has 3 atom stereocenters. The maximum absolute atomic E-state index is 12.6. The fraction of sp³-hybridized carbons (Fsp3) is 0.188. The second-order valence-corrected chi connectivity index (χ2v) is 7.23. The molecular formula is C16H14O4S. The number of carboxylic acids is 1. The SMILES string of the molecule is O=C(O)[C@H]1[C@H](c2ccccc2)[C@@H]1S(=O)(=O)c1ccccc1. The highest BCUT2D eigenvalue weighted by atomic mass is 32.2. The molecule has 0 heterocycles. The van der Waals surface area contributed by atoms with E-state index in [2.05, 4.69) is 0 Å². The Bertz CT molecular complexity index is 753. The van der Waals surface area contributed by atoms with Crippen molar-refractivity contribution in [1.29, 1.82) is 0 Å². The van der Waals surface area contributed by atoms with Crippen molar-refractivity contribution in [3.63, 3.8) is 0 Å². The van der Waals surface area contributed by atoms with E-state index >= 15 is 0 Å². The first kappa shape index (κ1) is 13.8. The minimum absolute atomic E-state index is 0.180. The maximum atomic E-state index is 12.6. The summed E-state index contributed by atoms with van der Waals surface area (Å²) in [5.41, 5.74) is 0.759. The smallest absolute Gasteiger partial charge is 0.308 e. The van der Waals surface area contributed by atoms with Gasteiger partial charge >= 0.3 is 5.97 Å². The van der Waals surface area contributed by atoms with Gasteiger partial charge in [-0.05, 0) is 17.7 Å². The fourth-order valence-electron chi connectivity index (χ4n) is 2.80. The van der Waals surface area contributed by atoms with Gasteiger partial charge in [-0.2, -0.15) is 0 Å². The zero-order valence-electron chi connectivity index (χ0n) is 11.1. The molecule has 0 spiro atoms. The fourth-order valence-corrected chi connectivity index (χ4v) is 4.95. The number of aliphatic carboxylic acids is 1. The number of benzene rings is 2. The minimum Gasteiger partial charge on any atom is -0.481 e. The topological polar surface area (TPSA) is 71.4 Å². The van der Waals surface area contributed by atoms with Gasteiger partial charge in [0.2, 0.25) is 0 Å². The average Bonchev–Trinajstić information content (AvgIpc) is 3.26. The molecule has 0 bridgehead atoms. The lowest BCUT2D eigenvalue weighted by Gasteiger charge is -2.03. The Hall–Kier alpha value is -2.14. The molecule has 0 aromatic heterocycles. The lowest BCUT2D eigenvalue weighted by molar-refractivity contribution is -0.138. The third-order valence-electron chi connectivity index (χ3n) is 3.85. The highest BCUT2D eigenvalue weighted by Gasteiger charge is 2.62. The summed E-state index contributed by atoms with van der Waals surface area (Å²) in [4.78, 5) is 11.5. The lowest BCUT2D eigenvalue weighted by atomic mass is 10.1. The molecule has 2 aromatic carbocycles. The van der Waals surface area contributed by atoms with Crippen LogP contribution in [0.3, 0.4) is 0 Å². The highest BCUT2D eigenvalue weighted by Crippen LogP contribution is 2.54. The number of sulfone groups is 1. The van der Waals surface area contributed by atoms with Crippen LogP contribution in [-0.4, -0.2) is 24.7 Å². The van der Waals surface area contributed by atoms with Crippen molar-refractivity contribution in [2.24, 2.45) is 5.92 Å². The summed E-state index contributed by atoms with van der Waals surface area (Å²) in [5, 5.41) is 8.41. The average molecular weight is 302 g/mol. The van der Waals surface area contributed by atoms with Gasteiger partial charge in [0.25, 0.3) is 0 Å². The van der Waals surface area contributed by atoms with E-state index < -0.39 is 32.9 Å². The number of carboxylic acid groups (broad SMARTS) is 1. The van der Waals surface area contributed by atoms with Crippen molar-refractivity contribution in [2.75, 3.05) is 0 Å². The molecule has 0 aliphatic heterocycles. The third-order valence-corrected chi connectivity index (χ3v) is 6.09. The van der Waals surface area contributed by atoms with Crippen LogP contribution >= 0.6 is 0 Å². The van der Waals surface area contributed by atoms with Gasteiger partial charge in [0.1, 0.15) is 0 Å². The Morgan fingerprint density at radius 3 is 1.95 bits per heavy atom. The molecule has 5 heteroatoms. The minimum atomic E-state index is -3.64. The van der Waals surface area contributed by atoms with Gasteiger partial charge in [-0.3, -0.25) is 4.79 Å². The number of carbonyl (C=O) groups is 1. The van der Waals surface area contributed by atoms with Gasteiger partial charge < -0.3 is 5.11 Å². The molecule has 3 rings (SSSR count). The van der Waals surface area contributed by atoms with Gasteiger partial charge in [-0.15, -0.1) is 0 Å². The van der Waals surface area contributed by atoms with E-state index in [1.807, 2.05) is 6.07 Å². The molecule has 4 nitrogen and oxygen atoms in total. The molecule has 2 aromatic rings. The van der Waals surface area contributed by atoms with Crippen LogP contribution in [0.25, 0.3) is 0 Å². The van der Waals surface area contributed by atoms with Gasteiger partial charge in [-0.1, -0.05) is 48.5 Å². The Kier molecular flexibility index (Phi) is 3.29. The predicted molar refractivity (Wildman–Crippen MR) is 77.7 cm³/mol. The molecule has 1 saturated carbocycles. The molecule has 21 heavy (non-hydrogen) atoms. The summed E-state index contributed by atoms with van der Waals surface area (Å²) in [6.45, 7) is 0. The summed E-state index contributed by atoms with van der Waals surface area (Å²) < 4.78 is 25.3. The van der Waals surface area contributed by atoms with Crippen molar-refractivity contribution < 1.29 is 18.3 Å². The van der Waals surface area contributed by atoms with E-state index in [1.165, 1.54) is 12.1 Å². The Morgan fingerprint density at radius 2 is 1.43 bits per heavy atom. The summed E-state index contributed by atoms with van der Waals surface area (Å²) in [5.74, 6) is -2.42. The van der Waals surface area contributed by atoms with Crippen molar-refractivity contribution in [1.82, 2.24) is 0 Å². The number of hydrogen-bond donors (Lipinski definition) is 1. The highest BCUT2D eigenvalue weighted by molar-refractivity contribution is 7.92. The normalized spacial score (nSPS) is 24.5. The van der Waals surface area contributed by atoms with Gasteiger partial charge in [0, 0.05) is 5.92 Å². The Balaban J connectivity index is 2.00. The summed E-state index contributed by atoms with van der Waals surface area (Å²) in [6, 6.07) is 17.0. The summed E-state index contributed by atoms with van der Waals surface area (Å²) in [6.07, 6.45) is 0. The molecule has 1 fully saturated rings. The largest absolute Gasteiger partial charge is 0.481 e. The summed E-state index contributed by atoms with van der Waals surface area (Å²) in [7, 11) is -3.64. The molecule has 1 N–H and O–H groups in total. The monoisotopic (exact) mass is 302 g/mol. The predicted octanol–water partition coefficient (Wildman–Crippen LogP) is 2.33. The lowest BCUT2D eigenvalue weighted by Crippen LogP contribution is -2.13. The van der Waals surface area contributed by atoms with E-state index in [0.29, 0.717) is 0 Å². The van der Waals surface area contributed by atoms with Gasteiger partial charge in [0.05, 0.1) is 16.1 Å². The van der Waals surface area contributed by atoms with Crippen LogP contribution in [-0.2, 0) is 14.6 Å². The van der Waals surface area contributed by atoms with Crippen LogP contribution in [0, 0.1) is 5.92 Å². The molecule has 0 radical (unpaired) electrons. The first-order valence-corrected chi connectivity index (χ1v) is 8.15. The van der Waals surface area contributed by atoms with Crippen LogP contribution in [0.4, 0.5) is 0 Å².